The highest BCUT2D eigenvalue weighted by Gasteiger charge is 2.13. The summed E-state index contributed by atoms with van der Waals surface area (Å²) in [6, 6.07) is 7.07. The van der Waals surface area contributed by atoms with Crippen molar-refractivity contribution in [3.8, 4) is 0 Å². The fourth-order valence-corrected chi connectivity index (χ4v) is 2.39. The number of hydrogen-bond donors (Lipinski definition) is 3. The summed E-state index contributed by atoms with van der Waals surface area (Å²) in [7, 11) is 0. The number of amidine groups is 1. The summed E-state index contributed by atoms with van der Waals surface area (Å²) < 4.78 is 0. The molecule has 1 aromatic carbocycles. The van der Waals surface area contributed by atoms with E-state index in [4.69, 9.17) is 10.9 Å². The van der Waals surface area contributed by atoms with Crippen molar-refractivity contribution in [1.29, 1.82) is 0 Å². The van der Waals surface area contributed by atoms with E-state index in [2.05, 4.69) is 10.5 Å². The summed E-state index contributed by atoms with van der Waals surface area (Å²) in [5.41, 5.74) is 8.08. The predicted octanol–water partition coefficient (Wildman–Crippen LogP) is 2.40. The number of thiophene rings is 1. The first-order chi connectivity index (χ1) is 9.13. The van der Waals surface area contributed by atoms with Crippen molar-refractivity contribution < 1.29 is 10.0 Å². The summed E-state index contributed by atoms with van der Waals surface area (Å²) in [5, 5.41) is 18.2. The van der Waals surface area contributed by atoms with E-state index >= 15 is 0 Å². The zero-order chi connectivity index (χ0) is 13.8. The van der Waals surface area contributed by atoms with Crippen molar-refractivity contribution in [2.45, 2.75) is 6.92 Å². The molecule has 0 unspecified atom stereocenters. The largest absolute Gasteiger partial charge is 0.409 e. The molecule has 0 spiro atoms. The second kappa shape index (κ2) is 5.53. The molecule has 0 aliphatic heterocycles. The normalized spacial score (nSPS) is 11.3. The first kappa shape index (κ1) is 13.1. The van der Waals surface area contributed by atoms with Crippen LogP contribution in [0.4, 0.5) is 5.69 Å². The standard InChI is InChI=1S/C13H13N3O2S/c1-8-3-2-4-10(11(8)12(14)16-18)15-13(17)9-5-6-19-7-9/h2-7,18H,1H3,(H2,14,16)(H,15,17). The number of carbonyl (C=O) groups is 1. The van der Waals surface area contributed by atoms with Gasteiger partial charge in [0.15, 0.2) is 5.84 Å². The van der Waals surface area contributed by atoms with Gasteiger partial charge in [-0.1, -0.05) is 17.3 Å². The van der Waals surface area contributed by atoms with Crippen LogP contribution in [0.1, 0.15) is 21.5 Å². The van der Waals surface area contributed by atoms with Crippen molar-refractivity contribution in [3.63, 3.8) is 0 Å². The Labute approximate surface area is 114 Å². The molecule has 0 aliphatic carbocycles. The maximum Gasteiger partial charge on any atom is 0.256 e. The lowest BCUT2D eigenvalue weighted by atomic mass is 10.1. The maximum absolute atomic E-state index is 12.0. The van der Waals surface area contributed by atoms with Gasteiger partial charge in [-0.3, -0.25) is 4.79 Å². The highest BCUT2D eigenvalue weighted by molar-refractivity contribution is 7.08. The number of benzene rings is 1. The van der Waals surface area contributed by atoms with Gasteiger partial charge in [0.05, 0.1) is 11.3 Å². The third-order valence-corrected chi connectivity index (χ3v) is 3.35. The molecule has 0 saturated heterocycles. The first-order valence-corrected chi connectivity index (χ1v) is 6.49. The molecule has 0 fully saturated rings. The number of oxime groups is 1. The van der Waals surface area contributed by atoms with Gasteiger partial charge in [-0.15, -0.1) is 0 Å². The summed E-state index contributed by atoms with van der Waals surface area (Å²) in [5.74, 6) is -0.252. The lowest BCUT2D eigenvalue weighted by molar-refractivity contribution is 0.102. The van der Waals surface area contributed by atoms with Crippen LogP contribution in [0.2, 0.25) is 0 Å². The van der Waals surface area contributed by atoms with Gasteiger partial charge in [0, 0.05) is 10.9 Å². The average molecular weight is 275 g/mol. The minimum Gasteiger partial charge on any atom is -0.409 e. The van der Waals surface area contributed by atoms with Crippen LogP contribution in [0.5, 0.6) is 0 Å². The van der Waals surface area contributed by atoms with Gasteiger partial charge >= 0.3 is 0 Å². The molecule has 4 N–H and O–H groups in total. The van der Waals surface area contributed by atoms with E-state index in [1.807, 2.05) is 18.4 Å². The minimum absolute atomic E-state index is 0.0290. The van der Waals surface area contributed by atoms with Gasteiger partial charge in [0.25, 0.3) is 5.91 Å². The smallest absolute Gasteiger partial charge is 0.256 e. The Morgan fingerprint density at radius 2 is 2.21 bits per heavy atom. The molecular formula is C13H13N3O2S. The highest BCUT2D eigenvalue weighted by atomic mass is 32.1. The molecule has 19 heavy (non-hydrogen) atoms. The number of anilines is 1. The van der Waals surface area contributed by atoms with Gasteiger partial charge in [-0.05, 0) is 30.0 Å². The van der Waals surface area contributed by atoms with Gasteiger partial charge in [-0.25, -0.2) is 0 Å². The summed E-state index contributed by atoms with van der Waals surface area (Å²) >= 11 is 1.45. The lowest BCUT2D eigenvalue weighted by Gasteiger charge is -2.12. The molecular weight excluding hydrogens is 262 g/mol. The van der Waals surface area contributed by atoms with E-state index in [-0.39, 0.29) is 11.7 Å². The Kier molecular flexibility index (Phi) is 3.82. The summed E-state index contributed by atoms with van der Waals surface area (Å²) in [4.78, 5) is 12.0. The molecule has 1 aromatic heterocycles. The predicted molar refractivity (Wildman–Crippen MR) is 76.0 cm³/mol. The zero-order valence-electron chi connectivity index (χ0n) is 10.3. The SMILES string of the molecule is Cc1cccc(NC(=O)c2ccsc2)c1/C(N)=N/O. The Morgan fingerprint density at radius 3 is 2.84 bits per heavy atom. The van der Waals surface area contributed by atoms with E-state index in [1.165, 1.54) is 11.3 Å². The van der Waals surface area contributed by atoms with E-state index in [0.717, 1.165) is 5.56 Å². The quantitative estimate of drug-likeness (QED) is 0.348. The number of aryl methyl sites for hydroxylation is 1. The molecule has 1 amide bonds. The number of nitrogens with two attached hydrogens (primary N) is 1. The van der Waals surface area contributed by atoms with Crippen LogP contribution in [0.3, 0.4) is 0 Å². The van der Waals surface area contributed by atoms with Crippen molar-refractivity contribution in [3.05, 3.63) is 51.7 Å². The number of carbonyl (C=O) groups excluding carboxylic acids is 1. The molecule has 0 aliphatic rings. The van der Waals surface area contributed by atoms with Crippen LogP contribution in [-0.4, -0.2) is 17.0 Å². The summed E-state index contributed by atoms with van der Waals surface area (Å²) in [6.07, 6.45) is 0. The van der Waals surface area contributed by atoms with Crippen LogP contribution in [0.15, 0.2) is 40.2 Å². The van der Waals surface area contributed by atoms with Crippen LogP contribution < -0.4 is 11.1 Å². The molecule has 0 bridgehead atoms. The molecule has 98 valence electrons. The average Bonchev–Trinajstić information content (AvgIpc) is 2.92. The molecule has 2 aromatic rings. The number of rotatable bonds is 3. The van der Waals surface area contributed by atoms with E-state index in [0.29, 0.717) is 16.8 Å². The molecule has 0 atom stereocenters. The van der Waals surface area contributed by atoms with E-state index < -0.39 is 0 Å². The third-order valence-electron chi connectivity index (χ3n) is 2.67. The van der Waals surface area contributed by atoms with Crippen molar-refractivity contribution in [2.24, 2.45) is 10.9 Å². The Bertz CT molecular complexity index is 621. The number of amides is 1. The molecule has 0 radical (unpaired) electrons. The highest BCUT2D eigenvalue weighted by Crippen LogP contribution is 2.20. The molecule has 2 rings (SSSR count). The van der Waals surface area contributed by atoms with Crippen LogP contribution in [-0.2, 0) is 0 Å². The molecule has 5 nitrogen and oxygen atoms in total. The Balaban J connectivity index is 2.36. The van der Waals surface area contributed by atoms with Crippen molar-refractivity contribution in [2.75, 3.05) is 5.32 Å². The maximum atomic E-state index is 12.0. The zero-order valence-corrected chi connectivity index (χ0v) is 11.1. The van der Waals surface area contributed by atoms with Gasteiger partial charge in [0.2, 0.25) is 0 Å². The second-order valence-corrected chi connectivity index (χ2v) is 4.73. The minimum atomic E-state index is -0.223. The molecule has 6 heteroatoms. The van der Waals surface area contributed by atoms with E-state index in [1.54, 1.807) is 23.6 Å². The van der Waals surface area contributed by atoms with Gasteiger partial charge in [0.1, 0.15) is 0 Å². The summed E-state index contributed by atoms with van der Waals surface area (Å²) in [6.45, 7) is 1.83. The third kappa shape index (κ3) is 2.74. The van der Waals surface area contributed by atoms with Crippen LogP contribution in [0, 0.1) is 6.92 Å². The van der Waals surface area contributed by atoms with Gasteiger partial charge in [-0.2, -0.15) is 11.3 Å². The fourth-order valence-electron chi connectivity index (χ4n) is 1.75. The van der Waals surface area contributed by atoms with Crippen LogP contribution in [0.25, 0.3) is 0 Å². The molecule has 1 heterocycles. The first-order valence-electron chi connectivity index (χ1n) is 5.54. The monoisotopic (exact) mass is 275 g/mol. The molecule has 0 saturated carbocycles. The fraction of sp³-hybridized carbons (Fsp3) is 0.0769. The number of hydrogen-bond acceptors (Lipinski definition) is 4. The van der Waals surface area contributed by atoms with Gasteiger partial charge < -0.3 is 16.3 Å². The van der Waals surface area contributed by atoms with E-state index in [9.17, 15) is 4.79 Å². The lowest BCUT2D eigenvalue weighted by Crippen LogP contribution is -2.20. The van der Waals surface area contributed by atoms with Crippen molar-refractivity contribution >= 4 is 28.8 Å². The number of nitrogens with one attached hydrogen (secondary N) is 1. The van der Waals surface area contributed by atoms with Crippen molar-refractivity contribution in [1.82, 2.24) is 0 Å². The number of nitrogens with zero attached hydrogens (tertiary/aromatic N) is 1. The Hall–Kier alpha value is -2.34. The Morgan fingerprint density at radius 1 is 1.42 bits per heavy atom. The topological polar surface area (TPSA) is 87.7 Å². The second-order valence-electron chi connectivity index (χ2n) is 3.95. The van der Waals surface area contributed by atoms with Crippen LogP contribution >= 0.6 is 11.3 Å².